The number of nitrogens with two attached hydrogens (primary N) is 1. The van der Waals surface area contributed by atoms with Gasteiger partial charge in [-0.1, -0.05) is 12.8 Å². The summed E-state index contributed by atoms with van der Waals surface area (Å²) in [6, 6.07) is -0.420. The number of hydrogen-bond donors (Lipinski definition) is 2. The van der Waals surface area contributed by atoms with E-state index in [4.69, 9.17) is 5.73 Å². The molecule has 0 aromatic carbocycles. The second-order valence-electron chi connectivity index (χ2n) is 5.47. The molecule has 2 rings (SSSR count). The van der Waals surface area contributed by atoms with E-state index in [9.17, 15) is 9.90 Å². The molecule has 0 aromatic rings. The van der Waals surface area contributed by atoms with Gasteiger partial charge in [0.15, 0.2) is 0 Å². The summed E-state index contributed by atoms with van der Waals surface area (Å²) in [5.74, 6) is 0.510. The Bertz CT molecular complexity index is 280. The lowest BCUT2D eigenvalue weighted by atomic mass is 9.69. The SMILES string of the molecule is CC(N)C(=O)N1CC2CCCCC2(CO)C1. The molecule has 1 heterocycles. The quantitative estimate of drug-likeness (QED) is 0.714. The topological polar surface area (TPSA) is 66.6 Å². The molecule has 1 saturated carbocycles. The van der Waals surface area contributed by atoms with Crippen LogP contribution in [0.3, 0.4) is 0 Å². The van der Waals surface area contributed by atoms with Gasteiger partial charge in [0.05, 0.1) is 12.6 Å². The van der Waals surface area contributed by atoms with Gasteiger partial charge in [-0.25, -0.2) is 0 Å². The Hall–Kier alpha value is -0.610. The van der Waals surface area contributed by atoms with Gasteiger partial charge in [-0.3, -0.25) is 4.79 Å². The third-order valence-electron chi connectivity index (χ3n) is 4.31. The van der Waals surface area contributed by atoms with Crippen molar-refractivity contribution in [1.29, 1.82) is 0 Å². The summed E-state index contributed by atoms with van der Waals surface area (Å²) in [4.78, 5) is 13.7. The predicted molar refractivity (Wildman–Crippen MR) is 61.7 cm³/mol. The Morgan fingerprint density at radius 2 is 2.38 bits per heavy atom. The first kappa shape index (κ1) is 11.9. The zero-order valence-corrected chi connectivity index (χ0v) is 9.98. The molecule has 4 nitrogen and oxygen atoms in total. The highest BCUT2D eigenvalue weighted by atomic mass is 16.3. The van der Waals surface area contributed by atoms with Gasteiger partial charge >= 0.3 is 0 Å². The molecule has 0 radical (unpaired) electrons. The van der Waals surface area contributed by atoms with E-state index < -0.39 is 6.04 Å². The van der Waals surface area contributed by atoms with Crippen LogP contribution in [0.4, 0.5) is 0 Å². The van der Waals surface area contributed by atoms with Crippen LogP contribution in [-0.2, 0) is 4.79 Å². The Labute approximate surface area is 96.8 Å². The number of carbonyl (C=O) groups is 1. The molecule has 3 unspecified atom stereocenters. The molecule has 1 aliphatic carbocycles. The summed E-state index contributed by atoms with van der Waals surface area (Å²) in [6.45, 7) is 3.44. The molecule has 3 N–H and O–H groups in total. The minimum absolute atomic E-state index is 0.0250. The third-order valence-corrected chi connectivity index (χ3v) is 4.31. The van der Waals surface area contributed by atoms with Crippen molar-refractivity contribution in [2.24, 2.45) is 17.1 Å². The smallest absolute Gasteiger partial charge is 0.239 e. The molecule has 92 valence electrons. The van der Waals surface area contributed by atoms with E-state index in [1.165, 1.54) is 12.8 Å². The second kappa shape index (κ2) is 4.34. The minimum atomic E-state index is -0.420. The van der Waals surface area contributed by atoms with Crippen LogP contribution in [0.25, 0.3) is 0 Å². The lowest BCUT2D eigenvalue weighted by molar-refractivity contribution is -0.131. The Kier molecular flexibility index (Phi) is 3.22. The highest BCUT2D eigenvalue weighted by molar-refractivity contribution is 5.81. The third kappa shape index (κ3) is 1.84. The van der Waals surface area contributed by atoms with Crippen LogP contribution < -0.4 is 5.73 Å². The van der Waals surface area contributed by atoms with E-state index in [2.05, 4.69) is 0 Å². The van der Waals surface area contributed by atoms with Crippen LogP contribution in [0.1, 0.15) is 32.6 Å². The maximum Gasteiger partial charge on any atom is 0.239 e. The number of aliphatic hydroxyl groups is 1. The van der Waals surface area contributed by atoms with E-state index in [1.807, 2.05) is 4.90 Å². The highest BCUT2D eigenvalue weighted by Gasteiger charge is 2.48. The highest BCUT2D eigenvalue weighted by Crippen LogP contribution is 2.46. The number of aliphatic hydroxyl groups excluding tert-OH is 1. The number of rotatable bonds is 2. The summed E-state index contributed by atoms with van der Waals surface area (Å²) in [5.41, 5.74) is 5.61. The van der Waals surface area contributed by atoms with Gasteiger partial charge in [-0.05, 0) is 25.7 Å². The fraction of sp³-hybridized carbons (Fsp3) is 0.917. The maximum atomic E-state index is 11.9. The molecule has 2 aliphatic rings. The van der Waals surface area contributed by atoms with Gasteiger partial charge in [0.2, 0.25) is 5.91 Å². The molecular weight excluding hydrogens is 204 g/mol. The molecule has 1 amide bonds. The average molecular weight is 226 g/mol. The number of likely N-dealkylation sites (tertiary alicyclic amines) is 1. The second-order valence-corrected chi connectivity index (χ2v) is 5.47. The molecule has 0 bridgehead atoms. The Morgan fingerprint density at radius 3 is 2.94 bits per heavy atom. The Balaban J connectivity index is 2.10. The zero-order valence-electron chi connectivity index (χ0n) is 9.98. The van der Waals surface area contributed by atoms with Crippen LogP contribution >= 0.6 is 0 Å². The van der Waals surface area contributed by atoms with E-state index in [0.29, 0.717) is 12.5 Å². The molecule has 0 spiro atoms. The number of amides is 1. The lowest BCUT2D eigenvalue weighted by Crippen LogP contribution is -2.42. The van der Waals surface area contributed by atoms with Crippen LogP contribution in [0.15, 0.2) is 0 Å². The van der Waals surface area contributed by atoms with Gasteiger partial charge in [0.1, 0.15) is 0 Å². The van der Waals surface area contributed by atoms with Gasteiger partial charge in [0, 0.05) is 18.5 Å². The number of nitrogens with zero attached hydrogens (tertiary/aromatic N) is 1. The van der Waals surface area contributed by atoms with Crippen molar-refractivity contribution in [2.45, 2.75) is 38.6 Å². The van der Waals surface area contributed by atoms with Crippen molar-refractivity contribution in [3.05, 3.63) is 0 Å². The van der Waals surface area contributed by atoms with Crippen molar-refractivity contribution in [3.63, 3.8) is 0 Å². The monoisotopic (exact) mass is 226 g/mol. The van der Waals surface area contributed by atoms with Gasteiger partial charge < -0.3 is 15.7 Å². The first-order valence-electron chi connectivity index (χ1n) is 6.24. The standard InChI is InChI=1S/C12H22N2O2/c1-9(13)11(16)14-6-10-4-2-3-5-12(10,7-14)8-15/h9-10,15H,2-8,13H2,1H3. The molecule has 0 aromatic heterocycles. The first-order valence-corrected chi connectivity index (χ1v) is 6.24. The lowest BCUT2D eigenvalue weighted by Gasteiger charge is -2.36. The summed E-state index contributed by atoms with van der Waals surface area (Å²) in [5, 5.41) is 9.62. The summed E-state index contributed by atoms with van der Waals surface area (Å²) in [7, 11) is 0. The largest absolute Gasteiger partial charge is 0.396 e. The molecule has 3 atom stereocenters. The van der Waals surface area contributed by atoms with Crippen LogP contribution in [0.2, 0.25) is 0 Å². The molecule has 1 aliphatic heterocycles. The van der Waals surface area contributed by atoms with Gasteiger partial charge in [-0.2, -0.15) is 0 Å². The fourth-order valence-electron chi connectivity index (χ4n) is 3.30. The Morgan fingerprint density at radius 1 is 1.62 bits per heavy atom. The van der Waals surface area contributed by atoms with Gasteiger partial charge in [-0.15, -0.1) is 0 Å². The first-order chi connectivity index (χ1) is 7.59. The van der Waals surface area contributed by atoms with Crippen molar-refractivity contribution in [3.8, 4) is 0 Å². The zero-order chi connectivity index (χ0) is 11.8. The van der Waals surface area contributed by atoms with Crippen LogP contribution in [0, 0.1) is 11.3 Å². The normalized spacial score (nSPS) is 35.9. The van der Waals surface area contributed by atoms with Crippen molar-refractivity contribution in [2.75, 3.05) is 19.7 Å². The number of carbonyl (C=O) groups excluding carboxylic acids is 1. The minimum Gasteiger partial charge on any atom is -0.396 e. The van der Waals surface area contributed by atoms with Crippen molar-refractivity contribution in [1.82, 2.24) is 4.90 Å². The van der Waals surface area contributed by atoms with E-state index in [1.54, 1.807) is 6.92 Å². The predicted octanol–water partition coefficient (Wildman–Crippen LogP) is 0.345. The van der Waals surface area contributed by atoms with Crippen LogP contribution in [0.5, 0.6) is 0 Å². The number of fused-ring (bicyclic) bond motifs is 1. The van der Waals surface area contributed by atoms with Crippen LogP contribution in [-0.4, -0.2) is 41.7 Å². The molecule has 2 fully saturated rings. The maximum absolute atomic E-state index is 11.9. The summed E-state index contributed by atoms with van der Waals surface area (Å²) < 4.78 is 0. The van der Waals surface area contributed by atoms with Crippen molar-refractivity contribution < 1.29 is 9.90 Å². The van der Waals surface area contributed by atoms with Crippen molar-refractivity contribution >= 4 is 5.91 Å². The van der Waals surface area contributed by atoms with E-state index in [0.717, 1.165) is 19.4 Å². The average Bonchev–Trinajstić information content (AvgIpc) is 2.67. The number of hydrogen-bond acceptors (Lipinski definition) is 3. The fourth-order valence-corrected chi connectivity index (χ4v) is 3.30. The summed E-state index contributed by atoms with van der Waals surface area (Å²) in [6.07, 6.45) is 4.60. The van der Waals surface area contributed by atoms with E-state index >= 15 is 0 Å². The van der Waals surface area contributed by atoms with Gasteiger partial charge in [0.25, 0.3) is 0 Å². The summed E-state index contributed by atoms with van der Waals surface area (Å²) >= 11 is 0. The molecule has 1 saturated heterocycles. The molecular formula is C12H22N2O2. The van der Waals surface area contributed by atoms with E-state index in [-0.39, 0.29) is 17.9 Å². The molecule has 4 heteroatoms. The molecule has 16 heavy (non-hydrogen) atoms.